The molecule has 0 N–H and O–H groups in total. The van der Waals surface area contributed by atoms with Gasteiger partial charge >= 0.3 is 0 Å². The fourth-order valence-corrected chi connectivity index (χ4v) is 3.65. The topological polar surface area (TPSA) is 23.6 Å². The van der Waals surface area contributed by atoms with E-state index in [0.29, 0.717) is 18.0 Å². The lowest BCUT2D eigenvalue weighted by atomic mass is 10.1. The summed E-state index contributed by atoms with van der Waals surface area (Å²) in [6.45, 7) is 2.91. The van der Waals surface area contributed by atoms with Crippen LogP contribution in [0, 0.1) is 5.82 Å². The molecule has 2 aliphatic heterocycles. The average Bonchev–Trinajstić information content (AvgIpc) is 2.71. The number of benzene rings is 1. The zero-order valence-electron chi connectivity index (χ0n) is 12.6. The summed E-state index contributed by atoms with van der Waals surface area (Å²) in [4.78, 5) is 17.1. The van der Waals surface area contributed by atoms with E-state index < -0.39 is 0 Å². The number of Topliss-reactive ketones (excluding diaryl/α,β-unsaturated/α-hetero) is 1. The maximum Gasteiger partial charge on any atom is 0.164 e. The van der Waals surface area contributed by atoms with Gasteiger partial charge in [0.1, 0.15) is 5.82 Å². The summed E-state index contributed by atoms with van der Waals surface area (Å²) in [5.74, 6) is -0.299. The second-order valence-electron chi connectivity index (χ2n) is 6.32. The molecule has 2 aliphatic rings. The first-order valence-corrected chi connectivity index (χ1v) is 7.86. The monoisotopic (exact) mass is 290 g/mol. The van der Waals surface area contributed by atoms with Crippen LogP contribution in [-0.4, -0.2) is 54.3 Å². The molecule has 0 aromatic heterocycles. The second-order valence-corrected chi connectivity index (χ2v) is 6.32. The van der Waals surface area contributed by atoms with Gasteiger partial charge in [-0.25, -0.2) is 4.39 Å². The Kier molecular flexibility index (Phi) is 4.36. The number of likely N-dealkylation sites (tertiary alicyclic amines) is 1. The molecule has 4 heteroatoms. The van der Waals surface area contributed by atoms with Gasteiger partial charge in [0.05, 0.1) is 0 Å². The van der Waals surface area contributed by atoms with Crippen LogP contribution in [0.5, 0.6) is 0 Å². The van der Waals surface area contributed by atoms with Crippen molar-refractivity contribution in [2.24, 2.45) is 0 Å². The predicted molar refractivity (Wildman–Crippen MR) is 81.0 cm³/mol. The SMILES string of the molecule is CN1C2CCC1CN(CCC(=O)c1cccc(F)c1)CC2. The highest BCUT2D eigenvalue weighted by Gasteiger charge is 2.34. The van der Waals surface area contributed by atoms with E-state index in [2.05, 4.69) is 16.8 Å². The normalized spacial score (nSPS) is 26.8. The standard InChI is InChI=1S/C17H23FN2O/c1-19-15-5-6-16(19)12-20(9-7-15)10-8-17(21)13-3-2-4-14(18)11-13/h2-4,11,15-16H,5-10,12H2,1H3. The van der Waals surface area contributed by atoms with Gasteiger partial charge in [0.2, 0.25) is 0 Å². The van der Waals surface area contributed by atoms with Gasteiger partial charge < -0.3 is 4.90 Å². The molecule has 0 amide bonds. The Morgan fingerprint density at radius 1 is 1.29 bits per heavy atom. The Morgan fingerprint density at radius 2 is 2.10 bits per heavy atom. The minimum atomic E-state index is -0.338. The van der Waals surface area contributed by atoms with E-state index in [-0.39, 0.29) is 11.6 Å². The first-order valence-electron chi connectivity index (χ1n) is 7.86. The molecule has 2 bridgehead atoms. The van der Waals surface area contributed by atoms with E-state index in [1.54, 1.807) is 12.1 Å². The molecule has 2 saturated heterocycles. The van der Waals surface area contributed by atoms with Gasteiger partial charge in [0.25, 0.3) is 0 Å². The van der Waals surface area contributed by atoms with Gasteiger partial charge in [0, 0.05) is 37.2 Å². The summed E-state index contributed by atoms with van der Waals surface area (Å²) in [6, 6.07) is 7.37. The van der Waals surface area contributed by atoms with E-state index in [0.717, 1.165) is 25.7 Å². The Bertz CT molecular complexity index is 519. The fourth-order valence-electron chi connectivity index (χ4n) is 3.65. The number of nitrogens with zero attached hydrogens (tertiary/aromatic N) is 2. The van der Waals surface area contributed by atoms with Crippen LogP contribution in [-0.2, 0) is 0 Å². The van der Waals surface area contributed by atoms with Crippen LogP contribution in [0.4, 0.5) is 4.39 Å². The summed E-state index contributed by atoms with van der Waals surface area (Å²) in [7, 11) is 2.23. The zero-order valence-corrected chi connectivity index (χ0v) is 12.6. The lowest BCUT2D eigenvalue weighted by Gasteiger charge is -2.25. The second kappa shape index (κ2) is 6.24. The van der Waals surface area contributed by atoms with Crippen LogP contribution in [0.3, 0.4) is 0 Å². The quantitative estimate of drug-likeness (QED) is 0.796. The van der Waals surface area contributed by atoms with E-state index in [9.17, 15) is 9.18 Å². The Labute approximate surface area is 125 Å². The summed E-state index contributed by atoms with van der Waals surface area (Å²) in [5, 5.41) is 0. The molecule has 3 rings (SSSR count). The molecule has 0 radical (unpaired) electrons. The van der Waals surface area contributed by atoms with Gasteiger partial charge in [-0.15, -0.1) is 0 Å². The third-order valence-corrected chi connectivity index (χ3v) is 5.03. The highest BCUT2D eigenvalue weighted by Crippen LogP contribution is 2.28. The van der Waals surface area contributed by atoms with Crippen LogP contribution < -0.4 is 0 Å². The van der Waals surface area contributed by atoms with Crippen LogP contribution in [0.1, 0.15) is 36.0 Å². The number of likely N-dealkylation sites (N-methyl/N-ethyl adjacent to an activating group) is 1. The van der Waals surface area contributed by atoms with Crippen molar-refractivity contribution in [1.82, 2.24) is 9.80 Å². The van der Waals surface area contributed by atoms with Crippen molar-refractivity contribution >= 4 is 5.78 Å². The number of rotatable bonds is 4. The average molecular weight is 290 g/mol. The van der Waals surface area contributed by atoms with Gasteiger partial charge in [-0.2, -0.15) is 0 Å². The molecule has 0 spiro atoms. The zero-order chi connectivity index (χ0) is 14.8. The summed E-state index contributed by atoms with van der Waals surface area (Å²) in [5.41, 5.74) is 0.489. The molecule has 0 saturated carbocycles. The maximum atomic E-state index is 13.2. The molecule has 114 valence electrons. The Hall–Kier alpha value is -1.26. The number of fused-ring (bicyclic) bond motifs is 2. The minimum Gasteiger partial charge on any atom is -0.301 e. The van der Waals surface area contributed by atoms with Crippen LogP contribution in [0.25, 0.3) is 0 Å². The molecule has 21 heavy (non-hydrogen) atoms. The first-order chi connectivity index (χ1) is 10.1. The van der Waals surface area contributed by atoms with Crippen molar-refractivity contribution in [2.45, 2.75) is 37.8 Å². The number of hydrogen-bond donors (Lipinski definition) is 0. The Morgan fingerprint density at radius 3 is 2.90 bits per heavy atom. The van der Waals surface area contributed by atoms with Crippen molar-refractivity contribution in [1.29, 1.82) is 0 Å². The molecule has 1 aromatic rings. The lowest BCUT2D eigenvalue weighted by molar-refractivity contribution is 0.0961. The van der Waals surface area contributed by atoms with E-state index in [4.69, 9.17) is 0 Å². The third-order valence-electron chi connectivity index (χ3n) is 5.03. The van der Waals surface area contributed by atoms with Crippen LogP contribution in [0.15, 0.2) is 24.3 Å². The molecule has 1 aromatic carbocycles. The lowest BCUT2D eigenvalue weighted by Crippen LogP contribution is -2.37. The molecule has 0 aliphatic carbocycles. The number of halogens is 1. The molecule has 2 fully saturated rings. The fraction of sp³-hybridized carbons (Fsp3) is 0.588. The minimum absolute atomic E-state index is 0.0391. The van der Waals surface area contributed by atoms with E-state index in [1.807, 2.05) is 0 Å². The van der Waals surface area contributed by atoms with Gasteiger partial charge in [-0.3, -0.25) is 9.69 Å². The molecule has 2 unspecified atom stereocenters. The molecular weight excluding hydrogens is 267 g/mol. The van der Waals surface area contributed by atoms with Crippen molar-refractivity contribution in [3.05, 3.63) is 35.6 Å². The maximum absolute atomic E-state index is 13.2. The van der Waals surface area contributed by atoms with E-state index in [1.165, 1.54) is 31.4 Å². The number of carbonyl (C=O) groups is 1. The smallest absolute Gasteiger partial charge is 0.164 e. The first kappa shape index (κ1) is 14.7. The van der Waals surface area contributed by atoms with Crippen LogP contribution in [0.2, 0.25) is 0 Å². The highest BCUT2D eigenvalue weighted by molar-refractivity contribution is 5.96. The molecule has 2 atom stereocenters. The molecular formula is C17H23FN2O. The number of carbonyl (C=O) groups excluding carboxylic acids is 1. The summed E-state index contributed by atoms with van der Waals surface area (Å²) < 4.78 is 13.2. The number of hydrogen-bond acceptors (Lipinski definition) is 3. The summed E-state index contributed by atoms with van der Waals surface area (Å²) in [6.07, 6.45) is 4.26. The van der Waals surface area contributed by atoms with E-state index >= 15 is 0 Å². The summed E-state index contributed by atoms with van der Waals surface area (Å²) >= 11 is 0. The highest BCUT2D eigenvalue weighted by atomic mass is 19.1. The van der Waals surface area contributed by atoms with Crippen molar-refractivity contribution in [2.75, 3.05) is 26.7 Å². The molecule has 3 nitrogen and oxygen atoms in total. The largest absolute Gasteiger partial charge is 0.301 e. The number of ketones is 1. The van der Waals surface area contributed by atoms with Gasteiger partial charge in [-0.05, 0) is 45.0 Å². The van der Waals surface area contributed by atoms with Gasteiger partial charge in [0.15, 0.2) is 5.78 Å². The van der Waals surface area contributed by atoms with Crippen molar-refractivity contribution in [3.63, 3.8) is 0 Å². The Balaban J connectivity index is 1.54. The third kappa shape index (κ3) is 3.33. The predicted octanol–water partition coefficient (Wildman–Crippen LogP) is 2.57. The van der Waals surface area contributed by atoms with Crippen molar-refractivity contribution in [3.8, 4) is 0 Å². The van der Waals surface area contributed by atoms with Crippen LogP contribution >= 0.6 is 0 Å². The van der Waals surface area contributed by atoms with Gasteiger partial charge in [-0.1, -0.05) is 12.1 Å². The van der Waals surface area contributed by atoms with Crippen molar-refractivity contribution < 1.29 is 9.18 Å². The molecule has 2 heterocycles.